The summed E-state index contributed by atoms with van der Waals surface area (Å²) in [5, 5.41) is 6.31. The Morgan fingerprint density at radius 3 is 2.56 bits per heavy atom. The second kappa shape index (κ2) is 4.45. The first kappa shape index (κ1) is 10.8. The van der Waals surface area contributed by atoms with Crippen molar-refractivity contribution in [2.24, 2.45) is 0 Å². The Bertz CT molecular complexity index is 462. The Labute approximate surface area is 99.5 Å². The standard InChI is InChI=1S/C12H12N2OS/c1-8-2-4-9(5-3-8)11(15)10-6-13-12(16)14-7-10/h2-6H,7H2,1H3,(H2,13,14,16). The van der Waals surface area contributed by atoms with Crippen molar-refractivity contribution in [2.75, 3.05) is 6.54 Å². The van der Waals surface area contributed by atoms with Gasteiger partial charge in [-0.1, -0.05) is 29.8 Å². The molecule has 0 aliphatic carbocycles. The minimum Gasteiger partial charge on any atom is -0.358 e. The van der Waals surface area contributed by atoms with Crippen molar-refractivity contribution in [3.05, 3.63) is 47.2 Å². The maximum absolute atomic E-state index is 12.0. The predicted molar refractivity (Wildman–Crippen MR) is 67.3 cm³/mol. The van der Waals surface area contributed by atoms with Crippen molar-refractivity contribution in [1.82, 2.24) is 10.6 Å². The number of ketones is 1. The van der Waals surface area contributed by atoms with E-state index in [1.165, 1.54) is 0 Å². The van der Waals surface area contributed by atoms with Gasteiger partial charge in [0.15, 0.2) is 10.9 Å². The number of aryl methyl sites for hydroxylation is 1. The third-order valence-electron chi connectivity index (χ3n) is 2.42. The van der Waals surface area contributed by atoms with Crippen LogP contribution in [0.4, 0.5) is 0 Å². The van der Waals surface area contributed by atoms with Gasteiger partial charge in [0.1, 0.15) is 0 Å². The fourth-order valence-electron chi connectivity index (χ4n) is 1.47. The summed E-state index contributed by atoms with van der Waals surface area (Å²) < 4.78 is 0. The molecule has 1 aliphatic heterocycles. The van der Waals surface area contributed by atoms with E-state index in [1.54, 1.807) is 6.20 Å². The molecule has 0 unspecified atom stereocenters. The van der Waals surface area contributed by atoms with Gasteiger partial charge in [0.25, 0.3) is 0 Å². The second-order valence-electron chi connectivity index (χ2n) is 3.69. The Morgan fingerprint density at radius 2 is 2.00 bits per heavy atom. The SMILES string of the molecule is Cc1ccc(C(=O)C2=CNC(=S)NC2)cc1. The molecule has 4 heteroatoms. The predicted octanol–water partition coefficient (Wildman–Crippen LogP) is 1.54. The lowest BCUT2D eigenvalue weighted by Gasteiger charge is -2.16. The average molecular weight is 232 g/mol. The molecule has 1 aromatic rings. The molecular weight excluding hydrogens is 220 g/mol. The highest BCUT2D eigenvalue weighted by Crippen LogP contribution is 2.10. The van der Waals surface area contributed by atoms with Crippen LogP contribution in [-0.4, -0.2) is 17.4 Å². The molecule has 0 atom stereocenters. The Kier molecular flexibility index (Phi) is 3.01. The number of rotatable bonds is 2. The third-order valence-corrected chi connectivity index (χ3v) is 2.68. The minimum absolute atomic E-state index is 0.0301. The second-order valence-corrected chi connectivity index (χ2v) is 4.10. The van der Waals surface area contributed by atoms with Gasteiger partial charge in [0, 0.05) is 23.9 Å². The van der Waals surface area contributed by atoms with Crippen LogP contribution in [0.15, 0.2) is 36.0 Å². The lowest BCUT2D eigenvalue weighted by atomic mass is 10.0. The molecule has 2 N–H and O–H groups in total. The number of carbonyl (C=O) groups excluding carboxylic acids is 1. The van der Waals surface area contributed by atoms with Gasteiger partial charge in [-0.05, 0) is 19.1 Å². The lowest BCUT2D eigenvalue weighted by Crippen LogP contribution is -2.39. The van der Waals surface area contributed by atoms with E-state index in [9.17, 15) is 4.79 Å². The summed E-state index contributed by atoms with van der Waals surface area (Å²) in [5.41, 5.74) is 2.54. The van der Waals surface area contributed by atoms with E-state index in [0.29, 0.717) is 22.8 Å². The first-order valence-electron chi connectivity index (χ1n) is 5.01. The van der Waals surface area contributed by atoms with Gasteiger partial charge in [-0.2, -0.15) is 0 Å². The molecule has 16 heavy (non-hydrogen) atoms. The van der Waals surface area contributed by atoms with E-state index >= 15 is 0 Å². The fourth-order valence-corrected chi connectivity index (χ4v) is 1.60. The van der Waals surface area contributed by atoms with E-state index in [1.807, 2.05) is 31.2 Å². The number of carbonyl (C=O) groups is 1. The number of benzene rings is 1. The molecule has 0 bridgehead atoms. The van der Waals surface area contributed by atoms with Gasteiger partial charge in [-0.25, -0.2) is 0 Å². The van der Waals surface area contributed by atoms with Crippen molar-refractivity contribution in [3.8, 4) is 0 Å². The summed E-state index contributed by atoms with van der Waals surface area (Å²) in [6, 6.07) is 7.54. The quantitative estimate of drug-likeness (QED) is 0.599. The smallest absolute Gasteiger partial charge is 0.192 e. The van der Waals surface area contributed by atoms with Gasteiger partial charge >= 0.3 is 0 Å². The summed E-state index contributed by atoms with van der Waals surface area (Å²) >= 11 is 4.90. The summed E-state index contributed by atoms with van der Waals surface area (Å²) in [7, 11) is 0. The number of thiocarbonyl (C=S) groups is 1. The molecule has 2 rings (SSSR count). The van der Waals surface area contributed by atoms with E-state index < -0.39 is 0 Å². The largest absolute Gasteiger partial charge is 0.358 e. The number of nitrogens with one attached hydrogen (secondary N) is 2. The van der Waals surface area contributed by atoms with Gasteiger partial charge in [-0.15, -0.1) is 0 Å². The number of hydrogen-bond donors (Lipinski definition) is 2. The van der Waals surface area contributed by atoms with Crippen LogP contribution in [-0.2, 0) is 0 Å². The topological polar surface area (TPSA) is 41.1 Å². The van der Waals surface area contributed by atoms with E-state index in [0.717, 1.165) is 5.56 Å². The van der Waals surface area contributed by atoms with E-state index in [-0.39, 0.29) is 5.78 Å². The normalized spacial score (nSPS) is 14.8. The van der Waals surface area contributed by atoms with E-state index in [2.05, 4.69) is 10.6 Å². The summed E-state index contributed by atoms with van der Waals surface area (Å²) in [4.78, 5) is 12.0. The Morgan fingerprint density at radius 1 is 1.31 bits per heavy atom. The van der Waals surface area contributed by atoms with Crippen LogP contribution in [0.2, 0.25) is 0 Å². The first-order valence-corrected chi connectivity index (χ1v) is 5.42. The maximum Gasteiger partial charge on any atom is 0.192 e. The molecule has 3 nitrogen and oxygen atoms in total. The zero-order valence-electron chi connectivity index (χ0n) is 8.91. The van der Waals surface area contributed by atoms with Crippen LogP contribution in [0.5, 0.6) is 0 Å². The van der Waals surface area contributed by atoms with Gasteiger partial charge in [0.05, 0.1) is 0 Å². The van der Waals surface area contributed by atoms with Gasteiger partial charge in [0.2, 0.25) is 0 Å². The third kappa shape index (κ3) is 2.28. The molecule has 0 saturated heterocycles. The van der Waals surface area contributed by atoms with Gasteiger partial charge in [-0.3, -0.25) is 4.79 Å². The highest BCUT2D eigenvalue weighted by atomic mass is 32.1. The molecular formula is C12H12N2OS. The molecule has 1 aliphatic rings. The minimum atomic E-state index is 0.0301. The summed E-state index contributed by atoms with van der Waals surface area (Å²) in [6.45, 7) is 2.48. The molecule has 0 fully saturated rings. The molecule has 82 valence electrons. The van der Waals surface area contributed by atoms with Crippen LogP contribution in [0.3, 0.4) is 0 Å². The zero-order chi connectivity index (χ0) is 11.5. The zero-order valence-corrected chi connectivity index (χ0v) is 9.73. The monoisotopic (exact) mass is 232 g/mol. The van der Waals surface area contributed by atoms with Crippen LogP contribution < -0.4 is 10.6 Å². The Balaban J connectivity index is 2.19. The van der Waals surface area contributed by atoms with Crippen LogP contribution in [0.1, 0.15) is 15.9 Å². The van der Waals surface area contributed by atoms with Crippen LogP contribution >= 0.6 is 12.2 Å². The van der Waals surface area contributed by atoms with Crippen molar-refractivity contribution in [3.63, 3.8) is 0 Å². The van der Waals surface area contributed by atoms with Crippen LogP contribution in [0.25, 0.3) is 0 Å². The molecule has 0 aromatic heterocycles. The maximum atomic E-state index is 12.0. The highest BCUT2D eigenvalue weighted by Gasteiger charge is 2.15. The Hall–Kier alpha value is -1.68. The fraction of sp³-hybridized carbons (Fsp3) is 0.167. The molecule has 0 saturated carbocycles. The highest BCUT2D eigenvalue weighted by molar-refractivity contribution is 7.80. The van der Waals surface area contributed by atoms with Gasteiger partial charge < -0.3 is 10.6 Å². The van der Waals surface area contributed by atoms with Crippen molar-refractivity contribution in [2.45, 2.75) is 6.92 Å². The average Bonchev–Trinajstić information content (AvgIpc) is 2.30. The van der Waals surface area contributed by atoms with Crippen molar-refractivity contribution in [1.29, 1.82) is 0 Å². The number of Topliss-reactive ketones (excluding diaryl/α,β-unsaturated/α-hetero) is 1. The van der Waals surface area contributed by atoms with E-state index in [4.69, 9.17) is 12.2 Å². The molecule has 1 heterocycles. The molecule has 0 spiro atoms. The van der Waals surface area contributed by atoms with Crippen LogP contribution in [0, 0.1) is 6.92 Å². The summed E-state index contributed by atoms with van der Waals surface area (Å²) in [6.07, 6.45) is 1.67. The molecule has 1 aromatic carbocycles. The van der Waals surface area contributed by atoms with Crippen molar-refractivity contribution >= 4 is 23.1 Å². The molecule has 0 amide bonds. The summed E-state index contributed by atoms with van der Waals surface area (Å²) in [5.74, 6) is 0.0301. The lowest BCUT2D eigenvalue weighted by molar-refractivity contribution is 0.103. The number of hydrogen-bond acceptors (Lipinski definition) is 2. The molecule has 0 radical (unpaired) electrons. The van der Waals surface area contributed by atoms with Crippen molar-refractivity contribution < 1.29 is 4.79 Å². The first-order chi connectivity index (χ1) is 7.66.